The molecule has 0 radical (unpaired) electrons. The van der Waals surface area contributed by atoms with Crippen LogP contribution in [0.25, 0.3) is 11.5 Å². The first kappa shape index (κ1) is 17.1. The summed E-state index contributed by atoms with van der Waals surface area (Å²) in [4.78, 5) is 29.8. The van der Waals surface area contributed by atoms with E-state index in [2.05, 4.69) is 15.5 Å². The van der Waals surface area contributed by atoms with Gasteiger partial charge in [0.05, 0.1) is 5.92 Å². The van der Waals surface area contributed by atoms with E-state index in [0.29, 0.717) is 31.2 Å². The van der Waals surface area contributed by atoms with Crippen molar-refractivity contribution in [2.45, 2.75) is 26.2 Å². The molecular formula is C18H22N4O3. The van der Waals surface area contributed by atoms with Gasteiger partial charge < -0.3 is 14.7 Å². The van der Waals surface area contributed by atoms with Crippen LogP contribution in [0.3, 0.4) is 0 Å². The Morgan fingerprint density at radius 2 is 2.12 bits per heavy atom. The van der Waals surface area contributed by atoms with Crippen LogP contribution in [0, 0.1) is 5.92 Å². The Hall–Kier alpha value is -2.70. The Balaban J connectivity index is 1.47. The SMILES string of the molecule is CC(=O)N1CCC[C@H](C(=O)NCCc2noc(-c3ccccc3)n2)C1. The minimum Gasteiger partial charge on any atom is -0.355 e. The molecule has 0 aliphatic carbocycles. The van der Waals surface area contributed by atoms with Crippen LogP contribution in [0.5, 0.6) is 0 Å². The Labute approximate surface area is 146 Å². The van der Waals surface area contributed by atoms with Gasteiger partial charge in [0.2, 0.25) is 11.8 Å². The van der Waals surface area contributed by atoms with Gasteiger partial charge in [-0.05, 0) is 25.0 Å². The molecule has 132 valence electrons. The third kappa shape index (κ3) is 4.43. The fraction of sp³-hybridized carbons (Fsp3) is 0.444. The fourth-order valence-corrected chi connectivity index (χ4v) is 2.97. The summed E-state index contributed by atoms with van der Waals surface area (Å²) in [6.45, 7) is 3.23. The average molecular weight is 342 g/mol. The molecule has 1 N–H and O–H groups in total. The van der Waals surface area contributed by atoms with Crippen molar-refractivity contribution in [3.8, 4) is 11.5 Å². The molecule has 1 aromatic heterocycles. The summed E-state index contributed by atoms with van der Waals surface area (Å²) in [5, 5.41) is 6.86. The summed E-state index contributed by atoms with van der Waals surface area (Å²) >= 11 is 0. The summed E-state index contributed by atoms with van der Waals surface area (Å²) in [7, 11) is 0. The van der Waals surface area contributed by atoms with E-state index in [9.17, 15) is 9.59 Å². The molecule has 7 nitrogen and oxygen atoms in total. The number of aromatic nitrogens is 2. The van der Waals surface area contributed by atoms with Crippen molar-refractivity contribution in [3.63, 3.8) is 0 Å². The number of hydrogen-bond donors (Lipinski definition) is 1. The fourth-order valence-electron chi connectivity index (χ4n) is 2.97. The summed E-state index contributed by atoms with van der Waals surface area (Å²) in [6, 6.07) is 9.56. The molecule has 2 aromatic rings. The lowest BCUT2D eigenvalue weighted by molar-refractivity contribution is -0.133. The number of benzene rings is 1. The molecule has 0 spiro atoms. The summed E-state index contributed by atoms with van der Waals surface area (Å²) in [6.07, 6.45) is 2.18. The van der Waals surface area contributed by atoms with Gasteiger partial charge in [0, 0.05) is 38.5 Å². The van der Waals surface area contributed by atoms with Crippen molar-refractivity contribution in [1.29, 1.82) is 0 Å². The maximum atomic E-state index is 12.3. The van der Waals surface area contributed by atoms with Gasteiger partial charge in [-0.15, -0.1) is 0 Å². The van der Waals surface area contributed by atoms with Crippen molar-refractivity contribution in [2.24, 2.45) is 5.92 Å². The summed E-state index contributed by atoms with van der Waals surface area (Å²) in [5.41, 5.74) is 0.872. The van der Waals surface area contributed by atoms with Crippen molar-refractivity contribution >= 4 is 11.8 Å². The molecule has 2 heterocycles. The van der Waals surface area contributed by atoms with Crippen LogP contribution in [0.15, 0.2) is 34.9 Å². The largest absolute Gasteiger partial charge is 0.355 e. The highest BCUT2D eigenvalue weighted by molar-refractivity contribution is 5.80. The molecule has 0 bridgehead atoms. The molecule has 1 aliphatic heterocycles. The number of likely N-dealkylation sites (tertiary alicyclic amines) is 1. The minimum absolute atomic E-state index is 0.0160. The third-order valence-electron chi connectivity index (χ3n) is 4.37. The molecule has 25 heavy (non-hydrogen) atoms. The maximum absolute atomic E-state index is 12.3. The normalized spacial score (nSPS) is 17.3. The van der Waals surface area contributed by atoms with Crippen LogP contribution >= 0.6 is 0 Å². The van der Waals surface area contributed by atoms with Crippen molar-refractivity contribution in [2.75, 3.05) is 19.6 Å². The van der Waals surface area contributed by atoms with Crippen LogP contribution in [0.1, 0.15) is 25.6 Å². The van der Waals surface area contributed by atoms with E-state index in [-0.39, 0.29) is 17.7 Å². The maximum Gasteiger partial charge on any atom is 0.257 e. The lowest BCUT2D eigenvalue weighted by Gasteiger charge is -2.31. The minimum atomic E-state index is -0.136. The molecule has 1 atom stereocenters. The van der Waals surface area contributed by atoms with Crippen molar-refractivity contribution < 1.29 is 14.1 Å². The lowest BCUT2D eigenvalue weighted by atomic mass is 9.97. The van der Waals surface area contributed by atoms with E-state index in [0.717, 1.165) is 24.9 Å². The van der Waals surface area contributed by atoms with Gasteiger partial charge in [-0.2, -0.15) is 4.98 Å². The Morgan fingerprint density at radius 3 is 2.88 bits per heavy atom. The quantitative estimate of drug-likeness (QED) is 0.893. The van der Waals surface area contributed by atoms with E-state index in [1.165, 1.54) is 0 Å². The van der Waals surface area contributed by atoms with E-state index in [4.69, 9.17) is 4.52 Å². The zero-order valence-corrected chi connectivity index (χ0v) is 14.3. The van der Waals surface area contributed by atoms with E-state index in [1.807, 2.05) is 30.3 Å². The first-order chi connectivity index (χ1) is 12.1. The van der Waals surface area contributed by atoms with Gasteiger partial charge >= 0.3 is 0 Å². The second kappa shape index (κ2) is 7.92. The molecule has 1 saturated heterocycles. The lowest BCUT2D eigenvalue weighted by Crippen LogP contribution is -2.45. The second-order valence-electron chi connectivity index (χ2n) is 6.23. The molecule has 0 saturated carbocycles. The number of hydrogen-bond acceptors (Lipinski definition) is 5. The molecule has 0 unspecified atom stereocenters. The number of amides is 2. The van der Waals surface area contributed by atoms with Crippen LogP contribution in [0.4, 0.5) is 0 Å². The molecule has 1 fully saturated rings. The first-order valence-electron chi connectivity index (χ1n) is 8.54. The summed E-state index contributed by atoms with van der Waals surface area (Å²) < 4.78 is 5.25. The predicted octanol–water partition coefficient (Wildman–Crippen LogP) is 1.65. The van der Waals surface area contributed by atoms with Gasteiger partial charge in [-0.25, -0.2) is 0 Å². The van der Waals surface area contributed by atoms with Crippen LogP contribution < -0.4 is 5.32 Å². The Kier molecular flexibility index (Phi) is 5.42. The number of piperidine rings is 1. The summed E-state index contributed by atoms with van der Waals surface area (Å²) in [5.74, 6) is 0.915. The van der Waals surface area contributed by atoms with Gasteiger partial charge in [-0.3, -0.25) is 9.59 Å². The monoisotopic (exact) mass is 342 g/mol. The molecular weight excluding hydrogens is 320 g/mol. The highest BCUT2D eigenvalue weighted by Crippen LogP contribution is 2.17. The van der Waals surface area contributed by atoms with Crippen LogP contribution in [-0.2, 0) is 16.0 Å². The van der Waals surface area contributed by atoms with Gasteiger partial charge in [-0.1, -0.05) is 23.4 Å². The Bertz CT molecular complexity index is 729. The second-order valence-corrected chi connectivity index (χ2v) is 6.23. The van der Waals surface area contributed by atoms with Gasteiger partial charge in [0.1, 0.15) is 0 Å². The number of nitrogens with one attached hydrogen (secondary N) is 1. The van der Waals surface area contributed by atoms with Gasteiger partial charge in [0.25, 0.3) is 5.89 Å². The number of carbonyl (C=O) groups is 2. The van der Waals surface area contributed by atoms with E-state index in [1.54, 1.807) is 11.8 Å². The van der Waals surface area contributed by atoms with E-state index < -0.39 is 0 Å². The predicted molar refractivity (Wildman–Crippen MR) is 91.4 cm³/mol. The third-order valence-corrected chi connectivity index (χ3v) is 4.37. The smallest absolute Gasteiger partial charge is 0.257 e. The van der Waals surface area contributed by atoms with Crippen molar-refractivity contribution in [1.82, 2.24) is 20.4 Å². The highest BCUT2D eigenvalue weighted by Gasteiger charge is 2.26. The first-order valence-corrected chi connectivity index (χ1v) is 8.54. The number of rotatable bonds is 5. The van der Waals surface area contributed by atoms with Crippen LogP contribution in [-0.4, -0.2) is 46.5 Å². The van der Waals surface area contributed by atoms with Crippen molar-refractivity contribution in [3.05, 3.63) is 36.2 Å². The zero-order valence-electron chi connectivity index (χ0n) is 14.3. The molecule has 1 aliphatic rings. The van der Waals surface area contributed by atoms with E-state index >= 15 is 0 Å². The molecule has 7 heteroatoms. The van der Waals surface area contributed by atoms with Gasteiger partial charge in [0.15, 0.2) is 5.82 Å². The molecule has 3 rings (SSSR count). The average Bonchev–Trinajstić information content (AvgIpc) is 3.11. The Morgan fingerprint density at radius 1 is 1.32 bits per heavy atom. The highest BCUT2D eigenvalue weighted by atomic mass is 16.5. The standard InChI is InChI=1S/C18H22N4O3/c1-13(23)22-11-5-8-15(12-22)17(24)19-10-9-16-20-18(25-21-16)14-6-3-2-4-7-14/h2-4,6-7,15H,5,8-12H2,1H3,(H,19,24)/t15-/m0/s1. The number of nitrogens with zero attached hydrogens (tertiary/aromatic N) is 3. The zero-order chi connectivity index (χ0) is 17.6. The van der Waals surface area contributed by atoms with Crippen LogP contribution in [0.2, 0.25) is 0 Å². The molecule has 2 amide bonds. The molecule has 1 aromatic carbocycles. The topological polar surface area (TPSA) is 88.3 Å². The number of carbonyl (C=O) groups excluding carboxylic acids is 2.